The first-order valence-electron chi connectivity index (χ1n) is 7.17. The molecular formula is C14H29N. The molecular weight excluding hydrogens is 182 g/mol. The molecule has 1 saturated carbocycles. The Morgan fingerprint density at radius 2 is 1.27 bits per heavy atom. The molecule has 1 nitrogen and oxygen atoms in total. The minimum atomic E-state index is 1.07. The van der Waals surface area contributed by atoms with Crippen molar-refractivity contribution < 1.29 is 0 Å². The van der Waals surface area contributed by atoms with E-state index in [-0.39, 0.29) is 0 Å². The van der Waals surface area contributed by atoms with Crippen LogP contribution in [0.15, 0.2) is 0 Å². The van der Waals surface area contributed by atoms with Gasteiger partial charge in [0.25, 0.3) is 0 Å². The summed E-state index contributed by atoms with van der Waals surface area (Å²) in [5, 5.41) is 3.52. The molecule has 0 spiro atoms. The summed E-state index contributed by atoms with van der Waals surface area (Å²) in [6, 6.07) is 0. The predicted molar refractivity (Wildman–Crippen MR) is 68.1 cm³/mol. The van der Waals surface area contributed by atoms with Crippen LogP contribution in [0.3, 0.4) is 0 Å². The highest BCUT2D eigenvalue weighted by atomic mass is 14.8. The minimum Gasteiger partial charge on any atom is -0.317 e. The van der Waals surface area contributed by atoms with Crippen LogP contribution in [-0.2, 0) is 0 Å². The second-order valence-corrected chi connectivity index (χ2v) is 4.84. The summed E-state index contributed by atoms with van der Waals surface area (Å²) in [4.78, 5) is 0. The lowest BCUT2D eigenvalue weighted by Gasteiger charge is -2.29. The quantitative estimate of drug-likeness (QED) is 0.691. The summed E-state index contributed by atoms with van der Waals surface area (Å²) in [6.45, 7) is 6.55. The lowest BCUT2D eigenvalue weighted by molar-refractivity contribution is 0.230. The van der Waals surface area contributed by atoms with Crippen molar-refractivity contribution in [1.29, 1.82) is 0 Å². The second-order valence-electron chi connectivity index (χ2n) is 4.84. The molecule has 0 radical (unpaired) electrons. The number of hydrogen-bond donors (Lipinski definition) is 1. The van der Waals surface area contributed by atoms with Gasteiger partial charge in [-0.2, -0.15) is 0 Å². The summed E-state index contributed by atoms with van der Waals surface area (Å²) in [6.07, 6.45) is 11.9. The van der Waals surface area contributed by atoms with Crippen LogP contribution < -0.4 is 5.32 Å². The van der Waals surface area contributed by atoms with E-state index >= 15 is 0 Å². The smallest absolute Gasteiger partial charge is 0.00462 e. The normalized spacial score (nSPS) is 28.8. The highest BCUT2D eigenvalue weighted by Crippen LogP contribution is 2.34. The number of hydrogen-bond acceptors (Lipinski definition) is 1. The molecule has 15 heavy (non-hydrogen) atoms. The van der Waals surface area contributed by atoms with E-state index in [1.165, 1.54) is 64.5 Å². The topological polar surface area (TPSA) is 12.0 Å². The first-order valence-corrected chi connectivity index (χ1v) is 7.17. The third-order valence-electron chi connectivity index (χ3n) is 3.94. The van der Waals surface area contributed by atoms with Crippen LogP contribution in [0.25, 0.3) is 0 Å². The lowest BCUT2D eigenvalue weighted by Crippen LogP contribution is -2.19. The predicted octanol–water partition coefficient (Wildman–Crippen LogP) is 3.98. The van der Waals surface area contributed by atoms with Gasteiger partial charge in [0.2, 0.25) is 0 Å². The molecule has 1 heterocycles. The summed E-state index contributed by atoms with van der Waals surface area (Å²) in [7, 11) is 0. The molecule has 0 amide bonds. The maximum atomic E-state index is 3.52. The van der Waals surface area contributed by atoms with Crippen LogP contribution >= 0.6 is 0 Å². The lowest BCUT2D eigenvalue weighted by atomic mass is 9.77. The first-order chi connectivity index (χ1) is 7.47. The molecule has 0 bridgehead atoms. The van der Waals surface area contributed by atoms with Gasteiger partial charge in [-0.1, -0.05) is 46.0 Å². The number of rotatable bonds is 1. The molecule has 1 aliphatic carbocycles. The van der Waals surface area contributed by atoms with E-state index < -0.39 is 0 Å². The average molecular weight is 211 g/mol. The zero-order valence-electron chi connectivity index (χ0n) is 10.7. The van der Waals surface area contributed by atoms with Gasteiger partial charge in [-0.25, -0.2) is 0 Å². The average Bonchev–Trinajstić information content (AvgIpc) is 2.61. The Bertz CT molecular complexity index is 130. The Morgan fingerprint density at radius 3 is 2.00 bits per heavy atom. The molecule has 1 heteroatoms. The Labute approximate surface area is 96.0 Å². The van der Waals surface area contributed by atoms with Crippen molar-refractivity contribution in [2.75, 3.05) is 13.1 Å². The van der Waals surface area contributed by atoms with E-state index in [4.69, 9.17) is 0 Å². The van der Waals surface area contributed by atoms with Gasteiger partial charge < -0.3 is 5.32 Å². The Hall–Kier alpha value is -0.0400. The SMILES string of the molecule is C1CCC(C2CCCNCC2)CC1.CC. The molecule has 1 unspecified atom stereocenters. The van der Waals surface area contributed by atoms with Crippen LogP contribution in [0.4, 0.5) is 0 Å². The summed E-state index contributed by atoms with van der Waals surface area (Å²) in [5.41, 5.74) is 0. The van der Waals surface area contributed by atoms with Crippen LogP contribution in [-0.4, -0.2) is 13.1 Å². The summed E-state index contributed by atoms with van der Waals surface area (Å²) < 4.78 is 0. The first kappa shape index (κ1) is 13.0. The van der Waals surface area contributed by atoms with Crippen molar-refractivity contribution in [3.8, 4) is 0 Å². The van der Waals surface area contributed by atoms with Crippen molar-refractivity contribution in [1.82, 2.24) is 5.32 Å². The number of nitrogens with one attached hydrogen (secondary N) is 1. The third-order valence-corrected chi connectivity index (χ3v) is 3.94. The maximum absolute atomic E-state index is 3.52. The molecule has 1 N–H and O–H groups in total. The van der Waals surface area contributed by atoms with Crippen LogP contribution in [0.2, 0.25) is 0 Å². The van der Waals surface area contributed by atoms with E-state index in [1.807, 2.05) is 13.8 Å². The Kier molecular flexibility index (Phi) is 7.08. The fraction of sp³-hybridized carbons (Fsp3) is 1.00. The van der Waals surface area contributed by atoms with Crippen molar-refractivity contribution in [3.05, 3.63) is 0 Å². The van der Waals surface area contributed by atoms with Gasteiger partial charge in [-0.05, 0) is 44.2 Å². The van der Waals surface area contributed by atoms with Gasteiger partial charge in [-0.3, -0.25) is 0 Å². The van der Waals surface area contributed by atoms with Crippen molar-refractivity contribution in [2.45, 2.75) is 65.2 Å². The zero-order valence-corrected chi connectivity index (χ0v) is 10.7. The Balaban J connectivity index is 0.000000531. The molecule has 0 aromatic carbocycles. The molecule has 1 atom stereocenters. The monoisotopic (exact) mass is 211 g/mol. The van der Waals surface area contributed by atoms with Crippen molar-refractivity contribution in [3.63, 3.8) is 0 Å². The van der Waals surface area contributed by atoms with Crippen molar-refractivity contribution in [2.24, 2.45) is 11.8 Å². The largest absolute Gasteiger partial charge is 0.317 e. The third kappa shape index (κ3) is 4.55. The van der Waals surface area contributed by atoms with Crippen molar-refractivity contribution >= 4 is 0 Å². The van der Waals surface area contributed by atoms with Gasteiger partial charge in [0.15, 0.2) is 0 Å². The minimum absolute atomic E-state index is 1.07. The molecule has 2 fully saturated rings. The molecule has 1 saturated heterocycles. The Morgan fingerprint density at radius 1 is 0.667 bits per heavy atom. The molecule has 0 aromatic heterocycles. The van der Waals surface area contributed by atoms with Gasteiger partial charge in [0.05, 0.1) is 0 Å². The fourth-order valence-corrected chi connectivity index (χ4v) is 3.12. The maximum Gasteiger partial charge on any atom is -0.00462 e. The van der Waals surface area contributed by atoms with E-state index in [1.54, 1.807) is 0 Å². The highest BCUT2D eigenvalue weighted by molar-refractivity contribution is 4.76. The van der Waals surface area contributed by atoms with Gasteiger partial charge in [0, 0.05) is 0 Å². The summed E-state index contributed by atoms with van der Waals surface area (Å²) in [5.74, 6) is 2.16. The molecule has 2 rings (SSSR count). The highest BCUT2D eigenvalue weighted by Gasteiger charge is 2.23. The van der Waals surface area contributed by atoms with E-state index in [0.717, 1.165) is 11.8 Å². The molecule has 0 aromatic rings. The van der Waals surface area contributed by atoms with E-state index in [2.05, 4.69) is 5.32 Å². The van der Waals surface area contributed by atoms with Crippen LogP contribution in [0.1, 0.15) is 65.2 Å². The zero-order chi connectivity index (χ0) is 10.9. The van der Waals surface area contributed by atoms with Crippen LogP contribution in [0.5, 0.6) is 0 Å². The van der Waals surface area contributed by atoms with Gasteiger partial charge in [0.1, 0.15) is 0 Å². The molecule has 1 aliphatic heterocycles. The molecule has 2 aliphatic rings. The van der Waals surface area contributed by atoms with E-state index in [0.29, 0.717) is 0 Å². The standard InChI is InChI=1S/C12H23N.C2H6/c1-2-5-11(6-3-1)12-7-4-9-13-10-8-12;1-2/h11-13H,1-10H2;1-2H3. The van der Waals surface area contributed by atoms with Gasteiger partial charge in [-0.15, -0.1) is 0 Å². The van der Waals surface area contributed by atoms with Crippen LogP contribution in [0, 0.1) is 11.8 Å². The van der Waals surface area contributed by atoms with E-state index in [9.17, 15) is 0 Å². The second kappa shape index (κ2) is 8.15. The molecule has 90 valence electrons. The summed E-state index contributed by atoms with van der Waals surface area (Å²) >= 11 is 0. The fourth-order valence-electron chi connectivity index (χ4n) is 3.12. The van der Waals surface area contributed by atoms with Gasteiger partial charge >= 0.3 is 0 Å².